The maximum atomic E-state index is 12.4. The zero-order valence-electron chi connectivity index (χ0n) is 15.2. The van der Waals surface area contributed by atoms with Crippen molar-refractivity contribution in [3.63, 3.8) is 0 Å². The first-order valence-corrected chi connectivity index (χ1v) is 8.79. The largest absolute Gasteiger partial charge is 0.507 e. The van der Waals surface area contributed by atoms with Crippen LogP contribution >= 0.6 is 0 Å². The minimum absolute atomic E-state index is 0.144. The molecule has 0 aliphatic heterocycles. The van der Waals surface area contributed by atoms with Gasteiger partial charge in [0.1, 0.15) is 11.6 Å². The van der Waals surface area contributed by atoms with Gasteiger partial charge in [0.05, 0.1) is 22.8 Å². The van der Waals surface area contributed by atoms with E-state index in [0.717, 1.165) is 11.1 Å². The molecule has 0 bridgehead atoms. The Hall–Kier alpha value is -3.93. The number of aryl methyl sites for hydroxylation is 1. The number of aromatic nitrogens is 2. The van der Waals surface area contributed by atoms with Gasteiger partial charge in [0.15, 0.2) is 0 Å². The van der Waals surface area contributed by atoms with E-state index in [1.54, 1.807) is 42.6 Å². The van der Waals surface area contributed by atoms with Gasteiger partial charge in [-0.3, -0.25) is 4.79 Å². The highest BCUT2D eigenvalue weighted by atomic mass is 16.3. The number of rotatable bonds is 4. The number of hydrogen-bond acceptors (Lipinski definition) is 4. The van der Waals surface area contributed by atoms with Crippen LogP contribution in [0.4, 0.5) is 0 Å². The fourth-order valence-corrected chi connectivity index (χ4v) is 2.91. The maximum Gasteiger partial charge on any atom is 0.271 e. The van der Waals surface area contributed by atoms with Crippen LogP contribution in [-0.2, 0) is 0 Å². The van der Waals surface area contributed by atoms with Gasteiger partial charge in [-0.1, -0.05) is 36.4 Å². The van der Waals surface area contributed by atoms with E-state index in [1.807, 2.05) is 37.3 Å². The van der Waals surface area contributed by atoms with Crippen LogP contribution in [0.2, 0.25) is 0 Å². The number of imidazole rings is 1. The number of carbonyl (C=O) groups is 1. The molecule has 1 aromatic heterocycles. The number of nitrogens with one attached hydrogen (secondary N) is 2. The molecule has 6 heteroatoms. The monoisotopic (exact) mass is 370 g/mol. The summed E-state index contributed by atoms with van der Waals surface area (Å²) in [5, 5.41) is 14.0. The van der Waals surface area contributed by atoms with E-state index in [2.05, 4.69) is 20.5 Å². The predicted molar refractivity (Wildman–Crippen MR) is 109 cm³/mol. The van der Waals surface area contributed by atoms with E-state index in [1.165, 1.54) is 0 Å². The quantitative estimate of drug-likeness (QED) is 0.374. The molecule has 0 saturated heterocycles. The molecule has 3 aromatic carbocycles. The molecule has 0 saturated carbocycles. The lowest BCUT2D eigenvalue weighted by atomic mass is 10.1. The molecular weight excluding hydrogens is 352 g/mol. The molecule has 6 nitrogen and oxygen atoms in total. The molecule has 28 heavy (non-hydrogen) atoms. The second kappa shape index (κ2) is 7.36. The summed E-state index contributed by atoms with van der Waals surface area (Å²) in [4.78, 5) is 20.0. The summed E-state index contributed by atoms with van der Waals surface area (Å²) < 4.78 is 0. The zero-order chi connectivity index (χ0) is 19.5. The number of H-pyrrole nitrogens is 1. The number of para-hydroxylation sites is 1. The number of carbonyl (C=O) groups excluding carboxylic acids is 1. The van der Waals surface area contributed by atoms with Crippen LogP contribution in [0.3, 0.4) is 0 Å². The Morgan fingerprint density at radius 2 is 1.89 bits per heavy atom. The fourth-order valence-electron chi connectivity index (χ4n) is 2.91. The number of hydrazone groups is 1. The average molecular weight is 370 g/mol. The molecule has 1 amide bonds. The summed E-state index contributed by atoms with van der Waals surface area (Å²) in [5.74, 6) is 0.374. The van der Waals surface area contributed by atoms with Gasteiger partial charge in [-0.25, -0.2) is 10.4 Å². The molecule has 3 N–H and O–H groups in total. The third-order valence-electron chi connectivity index (χ3n) is 4.46. The molecule has 0 fully saturated rings. The first-order valence-electron chi connectivity index (χ1n) is 8.79. The first-order chi connectivity index (χ1) is 13.6. The van der Waals surface area contributed by atoms with Crippen LogP contribution in [-0.4, -0.2) is 27.2 Å². The molecule has 0 unspecified atom stereocenters. The number of phenolic OH excluding ortho intramolecular Hbond substituents is 1. The van der Waals surface area contributed by atoms with Crippen molar-refractivity contribution in [1.82, 2.24) is 15.4 Å². The van der Waals surface area contributed by atoms with Crippen LogP contribution in [0, 0.1) is 6.92 Å². The van der Waals surface area contributed by atoms with Crippen molar-refractivity contribution in [2.24, 2.45) is 5.10 Å². The summed E-state index contributed by atoms with van der Waals surface area (Å²) in [6.45, 7) is 1.98. The third kappa shape index (κ3) is 3.48. The van der Waals surface area contributed by atoms with Gasteiger partial charge in [-0.05, 0) is 48.4 Å². The van der Waals surface area contributed by atoms with Crippen LogP contribution in [0.25, 0.3) is 22.4 Å². The molecule has 1 heterocycles. The molecule has 0 aliphatic rings. The van der Waals surface area contributed by atoms with E-state index >= 15 is 0 Å². The van der Waals surface area contributed by atoms with Gasteiger partial charge in [0.2, 0.25) is 0 Å². The number of benzene rings is 3. The molecule has 0 spiro atoms. The van der Waals surface area contributed by atoms with Crippen molar-refractivity contribution < 1.29 is 9.90 Å². The summed E-state index contributed by atoms with van der Waals surface area (Å²) in [6, 6.07) is 19.9. The highest BCUT2D eigenvalue weighted by Crippen LogP contribution is 2.28. The standard InChI is InChI=1S/C22H18N4O2/c1-14-6-2-3-7-16(14)13-23-26-22(28)15-10-11-18-19(12-15)25-21(24-18)17-8-4-5-9-20(17)27/h2-13,27H,1H3,(H,24,25)(H,26,28)/b23-13+. The zero-order valence-corrected chi connectivity index (χ0v) is 15.2. The SMILES string of the molecule is Cc1ccccc1/C=N/NC(=O)c1ccc2nc(-c3ccccc3O)[nH]c2c1. The number of hydrogen-bond donors (Lipinski definition) is 3. The number of fused-ring (bicyclic) bond motifs is 1. The van der Waals surface area contributed by atoms with E-state index < -0.39 is 0 Å². The Balaban J connectivity index is 1.55. The van der Waals surface area contributed by atoms with Crippen molar-refractivity contribution in [2.75, 3.05) is 0 Å². The van der Waals surface area contributed by atoms with Gasteiger partial charge in [0, 0.05) is 5.56 Å². The van der Waals surface area contributed by atoms with Crippen molar-refractivity contribution in [3.05, 3.63) is 83.4 Å². The Morgan fingerprint density at radius 1 is 1.11 bits per heavy atom. The topological polar surface area (TPSA) is 90.4 Å². The second-order valence-corrected chi connectivity index (χ2v) is 6.39. The van der Waals surface area contributed by atoms with Crippen molar-refractivity contribution in [3.8, 4) is 17.1 Å². The van der Waals surface area contributed by atoms with Crippen molar-refractivity contribution in [1.29, 1.82) is 0 Å². The Labute approximate surface area is 161 Å². The maximum absolute atomic E-state index is 12.4. The smallest absolute Gasteiger partial charge is 0.271 e. The molecule has 4 aromatic rings. The van der Waals surface area contributed by atoms with Crippen molar-refractivity contribution >= 4 is 23.2 Å². The lowest BCUT2D eigenvalue weighted by Crippen LogP contribution is -2.17. The average Bonchev–Trinajstić information content (AvgIpc) is 3.12. The number of amides is 1. The number of aromatic amines is 1. The summed E-state index contributed by atoms with van der Waals surface area (Å²) in [5.41, 5.74) is 7.04. The van der Waals surface area contributed by atoms with Gasteiger partial charge in [-0.2, -0.15) is 5.10 Å². The van der Waals surface area contributed by atoms with Gasteiger partial charge < -0.3 is 10.1 Å². The van der Waals surface area contributed by atoms with E-state index in [0.29, 0.717) is 28.0 Å². The Bertz CT molecular complexity index is 1190. The number of phenols is 1. The predicted octanol–water partition coefficient (Wildman–Crippen LogP) is 4.01. The summed E-state index contributed by atoms with van der Waals surface area (Å²) >= 11 is 0. The highest BCUT2D eigenvalue weighted by Gasteiger charge is 2.11. The second-order valence-electron chi connectivity index (χ2n) is 6.39. The van der Waals surface area contributed by atoms with Crippen LogP contribution in [0.1, 0.15) is 21.5 Å². The van der Waals surface area contributed by atoms with Gasteiger partial charge in [-0.15, -0.1) is 0 Å². The lowest BCUT2D eigenvalue weighted by Gasteiger charge is -2.01. The lowest BCUT2D eigenvalue weighted by molar-refractivity contribution is 0.0955. The molecular formula is C22H18N4O2. The molecule has 138 valence electrons. The third-order valence-corrected chi connectivity index (χ3v) is 4.46. The number of nitrogens with zero attached hydrogens (tertiary/aromatic N) is 2. The normalized spacial score (nSPS) is 11.2. The van der Waals surface area contributed by atoms with Crippen LogP contribution in [0.15, 0.2) is 71.8 Å². The minimum atomic E-state index is -0.314. The van der Waals surface area contributed by atoms with Gasteiger partial charge in [0.25, 0.3) is 5.91 Å². The van der Waals surface area contributed by atoms with Crippen LogP contribution in [0.5, 0.6) is 5.75 Å². The Morgan fingerprint density at radius 3 is 2.71 bits per heavy atom. The molecule has 0 radical (unpaired) electrons. The first kappa shape index (κ1) is 17.5. The highest BCUT2D eigenvalue weighted by molar-refractivity contribution is 5.98. The molecule has 4 rings (SSSR count). The Kier molecular flexibility index (Phi) is 4.60. The summed E-state index contributed by atoms with van der Waals surface area (Å²) in [6.07, 6.45) is 1.62. The fraction of sp³-hybridized carbons (Fsp3) is 0.0455. The van der Waals surface area contributed by atoms with Crippen LogP contribution < -0.4 is 5.43 Å². The van der Waals surface area contributed by atoms with E-state index in [9.17, 15) is 9.90 Å². The van der Waals surface area contributed by atoms with E-state index in [4.69, 9.17) is 0 Å². The van der Waals surface area contributed by atoms with Gasteiger partial charge >= 0.3 is 0 Å². The molecule has 0 atom stereocenters. The molecule has 0 aliphatic carbocycles. The minimum Gasteiger partial charge on any atom is -0.507 e. The van der Waals surface area contributed by atoms with Crippen molar-refractivity contribution in [2.45, 2.75) is 6.92 Å². The number of aromatic hydroxyl groups is 1. The van der Waals surface area contributed by atoms with E-state index in [-0.39, 0.29) is 11.7 Å². The summed E-state index contributed by atoms with van der Waals surface area (Å²) in [7, 11) is 0.